The molecule has 0 radical (unpaired) electrons. The topological polar surface area (TPSA) is 52.7 Å². The highest BCUT2D eigenvalue weighted by atomic mass is 16.1. The van der Waals surface area contributed by atoms with E-state index in [-0.39, 0.29) is 5.78 Å². The number of carbonyl (C=O) groups excluding carboxylic acids is 1. The molecule has 1 unspecified atom stereocenters. The van der Waals surface area contributed by atoms with Gasteiger partial charge < -0.3 is 0 Å². The van der Waals surface area contributed by atoms with Gasteiger partial charge in [-0.2, -0.15) is 10.2 Å². The minimum atomic E-state index is 0.0661. The lowest BCUT2D eigenvalue weighted by Gasteiger charge is -2.08. The van der Waals surface area contributed by atoms with E-state index >= 15 is 0 Å². The molecule has 1 atom stereocenters. The third kappa shape index (κ3) is 2.66. The zero-order valence-electron chi connectivity index (χ0n) is 12.8. The fourth-order valence-electron chi connectivity index (χ4n) is 2.41. The molecule has 2 rings (SSSR count). The summed E-state index contributed by atoms with van der Waals surface area (Å²) < 4.78 is 3.84. The predicted octanol–water partition coefficient (Wildman–Crippen LogP) is 2.92. The fraction of sp³-hybridized carbons (Fsp3) is 0.533. The van der Waals surface area contributed by atoms with Crippen molar-refractivity contribution < 1.29 is 4.79 Å². The Morgan fingerprint density at radius 1 is 1.35 bits per heavy atom. The summed E-state index contributed by atoms with van der Waals surface area (Å²) in [6.45, 7) is 10.3. The second-order valence-electron chi connectivity index (χ2n) is 5.30. The van der Waals surface area contributed by atoms with Gasteiger partial charge in [-0.25, -0.2) is 0 Å². The van der Waals surface area contributed by atoms with Gasteiger partial charge in [0.1, 0.15) is 0 Å². The van der Waals surface area contributed by atoms with E-state index in [2.05, 4.69) is 24.0 Å². The van der Waals surface area contributed by atoms with Crippen LogP contribution in [0.1, 0.15) is 60.7 Å². The summed E-state index contributed by atoms with van der Waals surface area (Å²) >= 11 is 0. The minimum Gasteiger partial charge on any atom is -0.294 e. The second kappa shape index (κ2) is 5.61. The molecule has 0 saturated carbocycles. The standard InChI is InChI=1S/C15H22N4O/c1-6-10(2)18-8-7-14(17-18)9-19-12(4)15(13(5)20)11(3)16-19/h7-8,10H,6,9H2,1-5H3. The number of rotatable bonds is 5. The highest BCUT2D eigenvalue weighted by Crippen LogP contribution is 2.15. The van der Waals surface area contributed by atoms with Gasteiger partial charge in [0.2, 0.25) is 0 Å². The second-order valence-corrected chi connectivity index (χ2v) is 5.30. The largest absolute Gasteiger partial charge is 0.294 e. The Hall–Kier alpha value is -1.91. The van der Waals surface area contributed by atoms with Crippen LogP contribution in [-0.4, -0.2) is 25.3 Å². The van der Waals surface area contributed by atoms with Crippen LogP contribution in [-0.2, 0) is 6.54 Å². The predicted molar refractivity (Wildman–Crippen MR) is 78.0 cm³/mol. The van der Waals surface area contributed by atoms with E-state index in [1.807, 2.05) is 35.5 Å². The van der Waals surface area contributed by atoms with Crippen molar-refractivity contribution in [3.8, 4) is 0 Å². The van der Waals surface area contributed by atoms with E-state index in [0.29, 0.717) is 12.6 Å². The van der Waals surface area contributed by atoms with Crippen LogP contribution in [0.3, 0.4) is 0 Å². The van der Waals surface area contributed by atoms with Crippen LogP contribution < -0.4 is 0 Å². The number of nitrogens with zero attached hydrogens (tertiary/aromatic N) is 4. The molecular formula is C15H22N4O. The third-order valence-corrected chi connectivity index (χ3v) is 3.75. The van der Waals surface area contributed by atoms with Crippen molar-refractivity contribution >= 4 is 5.78 Å². The summed E-state index contributed by atoms with van der Waals surface area (Å²) in [5.74, 6) is 0.0661. The summed E-state index contributed by atoms with van der Waals surface area (Å²) in [4.78, 5) is 11.6. The van der Waals surface area contributed by atoms with Crippen molar-refractivity contribution in [3.63, 3.8) is 0 Å². The molecule has 0 N–H and O–H groups in total. The molecular weight excluding hydrogens is 252 g/mol. The van der Waals surface area contributed by atoms with Crippen molar-refractivity contribution in [2.45, 2.75) is 53.6 Å². The molecule has 0 fully saturated rings. The molecule has 108 valence electrons. The van der Waals surface area contributed by atoms with E-state index in [4.69, 9.17) is 0 Å². The SMILES string of the molecule is CCC(C)n1ccc(Cn2nc(C)c(C(C)=O)c2C)n1. The van der Waals surface area contributed by atoms with Crippen molar-refractivity contribution in [3.05, 3.63) is 34.9 Å². The quantitative estimate of drug-likeness (QED) is 0.788. The fourth-order valence-corrected chi connectivity index (χ4v) is 2.41. The van der Waals surface area contributed by atoms with Crippen molar-refractivity contribution in [1.29, 1.82) is 0 Å². The Labute approximate surface area is 119 Å². The number of carbonyl (C=O) groups is 1. The Bertz CT molecular complexity index is 624. The van der Waals surface area contributed by atoms with E-state index in [1.54, 1.807) is 6.92 Å². The molecule has 2 heterocycles. The molecule has 0 aliphatic carbocycles. The lowest BCUT2D eigenvalue weighted by Crippen LogP contribution is -2.08. The van der Waals surface area contributed by atoms with Crippen LogP contribution in [0, 0.1) is 13.8 Å². The van der Waals surface area contributed by atoms with Gasteiger partial charge in [0.05, 0.1) is 23.5 Å². The number of hydrogen-bond donors (Lipinski definition) is 0. The van der Waals surface area contributed by atoms with Gasteiger partial charge in [-0.3, -0.25) is 14.2 Å². The summed E-state index contributed by atoms with van der Waals surface area (Å²) in [7, 11) is 0. The van der Waals surface area contributed by atoms with Gasteiger partial charge in [-0.15, -0.1) is 0 Å². The molecule has 20 heavy (non-hydrogen) atoms. The smallest absolute Gasteiger partial charge is 0.163 e. The summed E-state index contributed by atoms with van der Waals surface area (Å²) in [6.07, 6.45) is 3.05. The van der Waals surface area contributed by atoms with Gasteiger partial charge in [0, 0.05) is 17.9 Å². The number of ketones is 1. The third-order valence-electron chi connectivity index (χ3n) is 3.75. The number of hydrogen-bond acceptors (Lipinski definition) is 3. The Morgan fingerprint density at radius 2 is 2.05 bits per heavy atom. The van der Waals surface area contributed by atoms with Crippen LogP contribution in [0.4, 0.5) is 0 Å². The number of aromatic nitrogens is 4. The first-order chi connectivity index (χ1) is 9.43. The lowest BCUT2D eigenvalue weighted by atomic mass is 10.1. The molecule has 0 spiro atoms. The normalized spacial score (nSPS) is 12.7. The molecule has 0 aliphatic rings. The first kappa shape index (κ1) is 14.5. The summed E-state index contributed by atoms with van der Waals surface area (Å²) in [5.41, 5.74) is 3.39. The molecule has 2 aromatic heterocycles. The zero-order valence-corrected chi connectivity index (χ0v) is 12.8. The van der Waals surface area contributed by atoms with Crippen LogP contribution >= 0.6 is 0 Å². The Balaban J connectivity index is 2.24. The number of Topliss-reactive ketones (excluding diaryl/α,β-unsaturated/α-hetero) is 1. The van der Waals surface area contributed by atoms with Crippen LogP contribution in [0.5, 0.6) is 0 Å². The van der Waals surface area contributed by atoms with E-state index in [0.717, 1.165) is 29.1 Å². The van der Waals surface area contributed by atoms with Crippen LogP contribution in [0.15, 0.2) is 12.3 Å². The Morgan fingerprint density at radius 3 is 2.60 bits per heavy atom. The molecule has 0 aromatic carbocycles. The molecule has 5 heteroatoms. The summed E-state index contributed by atoms with van der Waals surface area (Å²) in [6, 6.07) is 2.41. The molecule has 0 amide bonds. The molecule has 0 saturated heterocycles. The first-order valence-electron chi connectivity index (χ1n) is 7.03. The van der Waals surface area contributed by atoms with E-state index < -0.39 is 0 Å². The number of aryl methyl sites for hydroxylation is 1. The average molecular weight is 274 g/mol. The van der Waals surface area contributed by atoms with Crippen molar-refractivity contribution in [2.75, 3.05) is 0 Å². The van der Waals surface area contributed by atoms with E-state index in [1.165, 1.54) is 0 Å². The lowest BCUT2D eigenvalue weighted by molar-refractivity contribution is 0.101. The highest BCUT2D eigenvalue weighted by molar-refractivity contribution is 5.96. The van der Waals surface area contributed by atoms with Crippen molar-refractivity contribution in [2.24, 2.45) is 0 Å². The van der Waals surface area contributed by atoms with Gasteiger partial charge in [-0.05, 0) is 40.2 Å². The van der Waals surface area contributed by atoms with Gasteiger partial charge >= 0.3 is 0 Å². The zero-order chi connectivity index (χ0) is 14.9. The van der Waals surface area contributed by atoms with Gasteiger partial charge in [-0.1, -0.05) is 6.92 Å². The minimum absolute atomic E-state index is 0.0661. The monoisotopic (exact) mass is 274 g/mol. The molecule has 5 nitrogen and oxygen atoms in total. The van der Waals surface area contributed by atoms with E-state index in [9.17, 15) is 4.79 Å². The van der Waals surface area contributed by atoms with Gasteiger partial charge in [0.25, 0.3) is 0 Å². The maximum atomic E-state index is 11.6. The first-order valence-corrected chi connectivity index (χ1v) is 7.03. The van der Waals surface area contributed by atoms with Crippen LogP contribution in [0.25, 0.3) is 0 Å². The van der Waals surface area contributed by atoms with Crippen molar-refractivity contribution in [1.82, 2.24) is 19.6 Å². The Kier molecular flexibility index (Phi) is 4.06. The molecule has 2 aromatic rings. The highest BCUT2D eigenvalue weighted by Gasteiger charge is 2.16. The van der Waals surface area contributed by atoms with Crippen LogP contribution in [0.2, 0.25) is 0 Å². The average Bonchev–Trinajstić information content (AvgIpc) is 2.95. The summed E-state index contributed by atoms with van der Waals surface area (Å²) in [5, 5.41) is 9.02. The maximum absolute atomic E-state index is 11.6. The maximum Gasteiger partial charge on any atom is 0.163 e. The molecule has 0 bridgehead atoms. The van der Waals surface area contributed by atoms with Gasteiger partial charge in [0.15, 0.2) is 5.78 Å². The molecule has 0 aliphatic heterocycles.